The summed E-state index contributed by atoms with van der Waals surface area (Å²) in [6, 6.07) is 6.52. The fourth-order valence-corrected chi connectivity index (χ4v) is 2.44. The van der Waals surface area contributed by atoms with Crippen molar-refractivity contribution in [2.24, 2.45) is 0 Å². The van der Waals surface area contributed by atoms with Gasteiger partial charge in [-0.2, -0.15) is 0 Å². The molecule has 0 fully saturated rings. The summed E-state index contributed by atoms with van der Waals surface area (Å²) in [5, 5.41) is 11.5. The number of amides is 1. The van der Waals surface area contributed by atoms with Gasteiger partial charge in [-0.05, 0) is 29.7 Å². The van der Waals surface area contributed by atoms with Crippen molar-refractivity contribution in [2.75, 3.05) is 5.32 Å². The Bertz CT molecular complexity index is 738. The minimum atomic E-state index is -0.282. The van der Waals surface area contributed by atoms with E-state index >= 15 is 0 Å². The monoisotopic (exact) mass is 290 g/mol. The average Bonchev–Trinajstić information content (AvgIpc) is 3.05. The summed E-state index contributed by atoms with van der Waals surface area (Å²) in [5.74, 6) is -0.421. The zero-order chi connectivity index (χ0) is 13.9. The van der Waals surface area contributed by atoms with Gasteiger partial charge < -0.3 is 9.88 Å². The maximum atomic E-state index is 13.2. The minimum absolute atomic E-state index is 0.139. The number of halogens is 1. The fraction of sp³-hybridized carbons (Fsp3) is 0.154. The van der Waals surface area contributed by atoms with E-state index in [0.717, 1.165) is 10.9 Å². The highest BCUT2D eigenvalue weighted by Crippen LogP contribution is 2.17. The van der Waals surface area contributed by atoms with Gasteiger partial charge in [-0.1, -0.05) is 11.3 Å². The molecule has 0 aliphatic heterocycles. The number of hydrogen-bond donors (Lipinski definition) is 1. The Morgan fingerprint density at radius 3 is 3.10 bits per heavy atom. The Morgan fingerprint density at radius 1 is 1.40 bits per heavy atom. The molecule has 0 spiro atoms. The molecule has 3 rings (SSSR count). The van der Waals surface area contributed by atoms with Crippen LogP contribution in [0.1, 0.15) is 6.42 Å². The molecule has 3 aromatic rings. The Kier molecular flexibility index (Phi) is 3.42. The van der Waals surface area contributed by atoms with Gasteiger partial charge in [0.25, 0.3) is 0 Å². The van der Waals surface area contributed by atoms with Crippen molar-refractivity contribution in [2.45, 2.75) is 13.0 Å². The Hall–Kier alpha value is -2.28. The molecule has 0 unspecified atom stereocenters. The van der Waals surface area contributed by atoms with Gasteiger partial charge in [0.2, 0.25) is 11.0 Å². The van der Waals surface area contributed by atoms with Gasteiger partial charge in [0.15, 0.2) is 0 Å². The highest BCUT2D eigenvalue weighted by atomic mass is 32.1. The first-order valence-corrected chi connectivity index (χ1v) is 6.91. The number of carbonyl (C=O) groups is 1. The van der Waals surface area contributed by atoms with Crippen LogP contribution in [0.4, 0.5) is 9.52 Å². The van der Waals surface area contributed by atoms with E-state index in [2.05, 4.69) is 15.5 Å². The van der Waals surface area contributed by atoms with Crippen molar-refractivity contribution in [3.8, 4) is 0 Å². The van der Waals surface area contributed by atoms with Crippen LogP contribution in [0.2, 0.25) is 0 Å². The van der Waals surface area contributed by atoms with Crippen molar-refractivity contribution < 1.29 is 9.18 Å². The van der Waals surface area contributed by atoms with Crippen LogP contribution < -0.4 is 5.32 Å². The number of nitrogens with zero attached hydrogens (tertiary/aromatic N) is 3. The quantitative estimate of drug-likeness (QED) is 0.803. The van der Waals surface area contributed by atoms with Crippen LogP contribution in [0.3, 0.4) is 0 Å². The third-order valence-electron chi connectivity index (χ3n) is 2.92. The number of aryl methyl sites for hydroxylation is 1. The summed E-state index contributed by atoms with van der Waals surface area (Å²) >= 11 is 1.27. The van der Waals surface area contributed by atoms with Crippen molar-refractivity contribution >= 4 is 33.3 Å². The summed E-state index contributed by atoms with van der Waals surface area (Å²) < 4.78 is 15.1. The Labute approximate surface area is 118 Å². The molecule has 1 N–H and O–H groups in total. The summed E-state index contributed by atoms with van der Waals surface area (Å²) in [4.78, 5) is 11.7. The second kappa shape index (κ2) is 5.38. The summed E-state index contributed by atoms with van der Waals surface area (Å²) in [7, 11) is 0. The molecule has 7 heteroatoms. The molecule has 0 aliphatic rings. The number of benzene rings is 1. The molecule has 2 aromatic heterocycles. The molecule has 1 aromatic carbocycles. The highest BCUT2D eigenvalue weighted by Gasteiger charge is 2.07. The molecule has 0 bridgehead atoms. The van der Waals surface area contributed by atoms with E-state index in [-0.39, 0.29) is 11.7 Å². The van der Waals surface area contributed by atoms with Crippen LogP contribution in [0.25, 0.3) is 10.9 Å². The van der Waals surface area contributed by atoms with E-state index in [9.17, 15) is 9.18 Å². The number of aromatic nitrogens is 3. The van der Waals surface area contributed by atoms with E-state index in [1.807, 2.05) is 16.8 Å². The molecule has 0 radical (unpaired) electrons. The van der Waals surface area contributed by atoms with Gasteiger partial charge in [-0.15, -0.1) is 10.2 Å². The largest absolute Gasteiger partial charge is 0.347 e. The average molecular weight is 290 g/mol. The lowest BCUT2D eigenvalue weighted by Gasteiger charge is -2.05. The van der Waals surface area contributed by atoms with Crippen LogP contribution in [-0.4, -0.2) is 20.7 Å². The summed E-state index contributed by atoms with van der Waals surface area (Å²) in [6.45, 7) is 0.484. The normalized spacial score (nSPS) is 10.8. The smallest absolute Gasteiger partial charge is 0.227 e. The molecule has 5 nitrogen and oxygen atoms in total. The number of rotatable bonds is 4. The van der Waals surface area contributed by atoms with Gasteiger partial charge in [-0.3, -0.25) is 4.79 Å². The Balaban J connectivity index is 1.67. The predicted octanol–water partition coefficient (Wildman–Crippen LogP) is 2.66. The van der Waals surface area contributed by atoms with Gasteiger partial charge >= 0.3 is 0 Å². The summed E-state index contributed by atoms with van der Waals surface area (Å²) in [6.07, 6.45) is 2.14. The van der Waals surface area contributed by atoms with Gasteiger partial charge in [0, 0.05) is 19.2 Å². The van der Waals surface area contributed by atoms with Gasteiger partial charge in [-0.25, -0.2) is 4.39 Å². The van der Waals surface area contributed by atoms with E-state index < -0.39 is 0 Å². The van der Waals surface area contributed by atoms with Crippen molar-refractivity contribution in [1.29, 1.82) is 0 Å². The number of fused-ring (bicyclic) bond motifs is 1. The second-order valence-electron chi connectivity index (χ2n) is 4.25. The lowest BCUT2D eigenvalue weighted by Crippen LogP contribution is -2.14. The molecule has 1 amide bonds. The maximum Gasteiger partial charge on any atom is 0.227 e. The topological polar surface area (TPSA) is 59.8 Å². The predicted molar refractivity (Wildman–Crippen MR) is 75.1 cm³/mol. The molecular formula is C13H11FN4OS. The van der Waals surface area contributed by atoms with Crippen LogP contribution in [0.5, 0.6) is 0 Å². The van der Waals surface area contributed by atoms with Crippen LogP contribution in [0, 0.1) is 5.82 Å². The first-order valence-electron chi connectivity index (χ1n) is 6.03. The lowest BCUT2D eigenvalue weighted by atomic mass is 10.2. The van der Waals surface area contributed by atoms with Crippen molar-refractivity contribution in [1.82, 2.24) is 14.8 Å². The van der Waals surface area contributed by atoms with E-state index in [1.54, 1.807) is 11.6 Å². The number of hydrogen-bond acceptors (Lipinski definition) is 4. The number of carbonyl (C=O) groups excluding carboxylic acids is 1. The van der Waals surface area contributed by atoms with Crippen molar-refractivity contribution in [3.05, 3.63) is 41.8 Å². The first kappa shape index (κ1) is 12.7. The second-order valence-corrected chi connectivity index (χ2v) is 5.09. The van der Waals surface area contributed by atoms with Crippen LogP contribution >= 0.6 is 11.3 Å². The third-order valence-corrected chi connectivity index (χ3v) is 3.53. The van der Waals surface area contributed by atoms with E-state index in [4.69, 9.17) is 0 Å². The molecule has 0 saturated heterocycles. The van der Waals surface area contributed by atoms with Crippen molar-refractivity contribution in [3.63, 3.8) is 0 Å². The fourth-order valence-electron chi connectivity index (χ4n) is 1.98. The minimum Gasteiger partial charge on any atom is -0.347 e. The molecule has 2 heterocycles. The van der Waals surface area contributed by atoms with Crippen LogP contribution in [0.15, 0.2) is 36.0 Å². The van der Waals surface area contributed by atoms with Gasteiger partial charge in [0.05, 0.1) is 5.52 Å². The molecule has 0 atom stereocenters. The number of nitrogens with one attached hydrogen (secondary N) is 1. The van der Waals surface area contributed by atoms with Gasteiger partial charge in [0.1, 0.15) is 11.3 Å². The molecule has 102 valence electrons. The molecule has 20 heavy (non-hydrogen) atoms. The Morgan fingerprint density at radius 2 is 2.30 bits per heavy atom. The molecular weight excluding hydrogens is 279 g/mol. The lowest BCUT2D eigenvalue weighted by molar-refractivity contribution is -0.116. The number of anilines is 1. The van der Waals surface area contributed by atoms with E-state index in [1.165, 1.54) is 23.5 Å². The third kappa shape index (κ3) is 2.67. The standard InChI is InChI=1S/C13H11FN4OS/c14-10-2-1-9-3-5-18(11(9)7-10)6-4-12(19)16-13-17-15-8-20-13/h1-3,5,7-8H,4,6H2,(H,16,17,19). The zero-order valence-electron chi connectivity index (χ0n) is 10.4. The maximum absolute atomic E-state index is 13.2. The van der Waals surface area contributed by atoms with E-state index in [0.29, 0.717) is 18.1 Å². The first-order chi connectivity index (χ1) is 9.72. The molecule has 0 saturated carbocycles. The highest BCUT2D eigenvalue weighted by molar-refractivity contribution is 7.13. The van der Waals surface area contributed by atoms with Crippen LogP contribution in [-0.2, 0) is 11.3 Å². The zero-order valence-corrected chi connectivity index (χ0v) is 11.2. The molecule has 0 aliphatic carbocycles. The SMILES string of the molecule is O=C(CCn1ccc2ccc(F)cc21)Nc1nncs1. The summed E-state index contributed by atoms with van der Waals surface area (Å²) in [5.41, 5.74) is 2.34.